The van der Waals surface area contributed by atoms with Crippen LogP contribution in [0.4, 0.5) is 22.0 Å². The molecule has 0 aromatic heterocycles. The number of hydrogen-bond donors (Lipinski definition) is 0. The first-order valence-electron chi connectivity index (χ1n) is 18.2. The summed E-state index contributed by atoms with van der Waals surface area (Å²) in [6.45, 7) is 1.91. The van der Waals surface area contributed by atoms with Gasteiger partial charge >= 0.3 is 0 Å². The molecule has 0 aliphatic heterocycles. The molecule has 60 heavy (non-hydrogen) atoms. The highest BCUT2D eigenvalue weighted by molar-refractivity contribution is 7.97. The van der Waals surface area contributed by atoms with Crippen molar-refractivity contribution in [2.75, 3.05) is 0 Å². The normalized spacial score (nSPS) is 10.7. The van der Waals surface area contributed by atoms with Gasteiger partial charge in [-0.3, -0.25) is 9.59 Å². The van der Waals surface area contributed by atoms with Gasteiger partial charge in [-0.2, -0.15) is 0 Å². The SMILES string of the molecule is CC(=O)c1ccc([S+](c2ccccc2)c2ccccc2)cc1.CC(=O)c1ccc([S+](c2ccccc2)c2ccccc2)cc1.[O-]B([O-])OCc1c(F)c(F)c(F)c(F)c1F. The second-order valence-corrected chi connectivity index (χ2v) is 16.7. The monoisotopic (exact) mass is 850 g/mol. The van der Waals surface area contributed by atoms with E-state index in [1.807, 2.05) is 48.5 Å². The molecule has 0 amide bonds. The van der Waals surface area contributed by atoms with Gasteiger partial charge in [0.1, 0.15) is 0 Å². The van der Waals surface area contributed by atoms with Gasteiger partial charge in [0.05, 0.1) is 41.3 Å². The van der Waals surface area contributed by atoms with Gasteiger partial charge in [-0.15, -0.1) is 0 Å². The molecular formula is C47H36BF5O5S2. The Kier molecular flexibility index (Phi) is 16.6. The Hall–Kier alpha value is -5.83. The summed E-state index contributed by atoms with van der Waals surface area (Å²) < 4.78 is 67.0. The van der Waals surface area contributed by atoms with E-state index >= 15 is 0 Å². The Labute approximate surface area is 351 Å². The summed E-state index contributed by atoms with van der Waals surface area (Å²) in [5.41, 5.74) is 0.162. The van der Waals surface area contributed by atoms with Crippen LogP contribution in [0, 0.1) is 29.1 Å². The molecule has 0 saturated heterocycles. The maximum Gasteiger partial charge on any atom is 0.200 e. The molecule has 5 nitrogen and oxygen atoms in total. The summed E-state index contributed by atoms with van der Waals surface area (Å²) in [7, 11) is -3.17. The number of carbonyl (C=O) groups excluding carboxylic acids is 2. The minimum atomic E-state index is -2.88. The van der Waals surface area contributed by atoms with Gasteiger partial charge in [0, 0.05) is 11.1 Å². The van der Waals surface area contributed by atoms with Gasteiger partial charge in [0.2, 0.25) is 5.82 Å². The number of benzene rings is 7. The van der Waals surface area contributed by atoms with E-state index in [0.717, 1.165) is 11.1 Å². The van der Waals surface area contributed by atoms with Crippen LogP contribution >= 0.6 is 0 Å². The number of halogens is 5. The van der Waals surface area contributed by atoms with E-state index in [1.54, 1.807) is 13.8 Å². The molecule has 0 N–H and O–H groups in total. The van der Waals surface area contributed by atoms with Crippen LogP contribution in [-0.4, -0.2) is 18.9 Å². The number of hydrogen-bond acceptors (Lipinski definition) is 5. The van der Waals surface area contributed by atoms with Gasteiger partial charge in [-0.05, 0) is 111 Å². The average molecular weight is 851 g/mol. The second kappa shape index (κ2) is 22.0. The molecule has 0 atom stereocenters. The van der Waals surface area contributed by atoms with Crippen LogP contribution in [0.1, 0.15) is 40.1 Å². The highest BCUT2D eigenvalue weighted by atomic mass is 32.2. The molecule has 7 rings (SSSR count). The Bertz CT molecular complexity index is 2220. The highest BCUT2D eigenvalue weighted by Crippen LogP contribution is 2.32. The first-order valence-corrected chi connectivity index (χ1v) is 20.7. The molecular weight excluding hydrogens is 814 g/mol. The van der Waals surface area contributed by atoms with Crippen molar-refractivity contribution in [2.24, 2.45) is 0 Å². The summed E-state index contributed by atoms with van der Waals surface area (Å²) in [5.74, 6) is -10.7. The summed E-state index contributed by atoms with van der Waals surface area (Å²) in [6, 6.07) is 58.0. The molecule has 7 aromatic rings. The lowest BCUT2D eigenvalue weighted by molar-refractivity contribution is -0.382. The second-order valence-electron chi connectivity index (χ2n) is 12.7. The standard InChI is InChI=1S/2C20H17OS.C7H2BF5O3/c2*1-16(21)17-12-14-20(15-13-17)22(18-8-4-2-5-9-18)19-10-6-3-7-11-19;9-3-2(1-16-8(14)15)4(10)6(12)7(13)5(3)11/h2*2-15H,1H3;1H2/q2*+1;-2. The van der Waals surface area contributed by atoms with Crippen molar-refractivity contribution in [2.45, 2.75) is 49.8 Å². The minimum absolute atomic E-state index is 0.103. The van der Waals surface area contributed by atoms with Crippen LogP contribution in [0.2, 0.25) is 0 Å². The van der Waals surface area contributed by atoms with E-state index < -0.39 is 48.6 Å². The smallest absolute Gasteiger partial charge is 0.200 e. The molecule has 0 radical (unpaired) electrons. The lowest BCUT2D eigenvalue weighted by Crippen LogP contribution is -2.47. The molecule has 0 aliphatic carbocycles. The molecule has 13 heteroatoms. The van der Waals surface area contributed by atoms with Gasteiger partial charge in [0.25, 0.3) is 0 Å². The predicted molar refractivity (Wildman–Crippen MR) is 220 cm³/mol. The lowest BCUT2D eigenvalue weighted by Gasteiger charge is -2.25. The fourth-order valence-corrected chi connectivity index (χ4v) is 9.79. The number of carbonyl (C=O) groups is 2. The third-order valence-electron chi connectivity index (χ3n) is 8.57. The molecule has 0 saturated carbocycles. The topological polar surface area (TPSA) is 89.5 Å². The maximum absolute atomic E-state index is 12.8. The fourth-order valence-electron chi connectivity index (χ4n) is 5.62. The first-order chi connectivity index (χ1) is 28.9. The van der Waals surface area contributed by atoms with Crippen molar-refractivity contribution < 1.29 is 46.2 Å². The Morgan fingerprint density at radius 1 is 0.433 bits per heavy atom. The van der Waals surface area contributed by atoms with Crippen molar-refractivity contribution in [3.8, 4) is 0 Å². The van der Waals surface area contributed by atoms with Crippen LogP contribution in [-0.2, 0) is 33.1 Å². The van der Waals surface area contributed by atoms with Crippen molar-refractivity contribution >= 4 is 40.7 Å². The van der Waals surface area contributed by atoms with Gasteiger partial charge < -0.3 is 14.7 Å². The van der Waals surface area contributed by atoms with E-state index in [9.17, 15) is 41.6 Å². The van der Waals surface area contributed by atoms with Gasteiger partial charge in [0.15, 0.2) is 64.2 Å². The van der Waals surface area contributed by atoms with Crippen molar-refractivity contribution in [3.63, 3.8) is 0 Å². The van der Waals surface area contributed by atoms with Crippen LogP contribution in [0.3, 0.4) is 0 Å². The molecule has 0 unspecified atom stereocenters. The zero-order chi connectivity index (χ0) is 43.2. The Morgan fingerprint density at radius 2 is 0.683 bits per heavy atom. The van der Waals surface area contributed by atoms with Crippen molar-refractivity contribution in [1.29, 1.82) is 0 Å². The minimum Gasteiger partial charge on any atom is -0.871 e. The molecule has 0 spiro atoms. The van der Waals surface area contributed by atoms with Gasteiger partial charge in [-0.1, -0.05) is 72.8 Å². The third kappa shape index (κ3) is 11.9. The average Bonchev–Trinajstić information content (AvgIpc) is 3.27. The van der Waals surface area contributed by atoms with Crippen LogP contribution in [0.5, 0.6) is 0 Å². The molecule has 0 bridgehead atoms. The molecule has 0 aliphatic rings. The molecule has 304 valence electrons. The lowest BCUT2D eigenvalue weighted by atomic mass is 10.1. The van der Waals surface area contributed by atoms with E-state index in [-0.39, 0.29) is 33.4 Å². The number of Topliss-reactive ketones (excluding diaryl/α,β-unsaturated/α-hetero) is 2. The maximum atomic E-state index is 12.8. The third-order valence-corrected chi connectivity index (χ3v) is 13.0. The van der Waals surface area contributed by atoms with Crippen molar-refractivity contribution in [3.05, 3.63) is 216 Å². The number of ketones is 2. The summed E-state index contributed by atoms with van der Waals surface area (Å²) in [6.07, 6.45) is 0. The quantitative estimate of drug-likeness (QED) is 0.0323. The van der Waals surface area contributed by atoms with E-state index in [1.165, 1.54) is 29.4 Å². The van der Waals surface area contributed by atoms with Crippen LogP contribution in [0.15, 0.2) is 199 Å². The number of rotatable bonds is 11. The van der Waals surface area contributed by atoms with E-state index in [4.69, 9.17) is 0 Å². The molecule has 0 fully saturated rings. The largest absolute Gasteiger partial charge is 0.871 e. The van der Waals surface area contributed by atoms with Crippen LogP contribution in [0.25, 0.3) is 0 Å². The fraction of sp³-hybridized carbons (Fsp3) is 0.0638. The molecule has 7 aromatic carbocycles. The predicted octanol–water partition coefficient (Wildman–Crippen LogP) is 9.57. The zero-order valence-corrected chi connectivity index (χ0v) is 33.8. The van der Waals surface area contributed by atoms with Crippen LogP contribution < -0.4 is 10.0 Å². The summed E-state index contributed by atoms with van der Waals surface area (Å²) in [4.78, 5) is 30.5. The first kappa shape index (κ1) is 45.3. The van der Waals surface area contributed by atoms with E-state index in [0.29, 0.717) is 0 Å². The summed E-state index contributed by atoms with van der Waals surface area (Å²) in [5, 5.41) is 19.8. The van der Waals surface area contributed by atoms with E-state index in [2.05, 4.69) is 126 Å². The summed E-state index contributed by atoms with van der Waals surface area (Å²) >= 11 is 0. The highest BCUT2D eigenvalue weighted by Gasteiger charge is 2.30. The van der Waals surface area contributed by atoms with Gasteiger partial charge in [-0.25, -0.2) is 22.0 Å². The van der Waals surface area contributed by atoms with Crippen molar-refractivity contribution in [1.82, 2.24) is 0 Å². The molecule has 0 heterocycles. The zero-order valence-electron chi connectivity index (χ0n) is 32.2. The Balaban J connectivity index is 0.000000174. The Morgan fingerprint density at radius 3 is 0.933 bits per heavy atom.